The number of benzene rings is 2. The summed E-state index contributed by atoms with van der Waals surface area (Å²) in [5, 5.41) is 0. The molecule has 0 bridgehead atoms. The van der Waals surface area contributed by atoms with E-state index in [2.05, 4.69) is 27.7 Å². The van der Waals surface area contributed by atoms with Crippen LogP contribution in [0.2, 0.25) is 0 Å². The molecule has 52 heavy (non-hydrogen) atoms. The fourth-order valence-corrected chi connectivity index (χ4v) is 5.98. The SMILES string of the molecule is CCCCCCCOC(=O)c1c(C(=O)OCC(C)CCCC)cccc1-c1ccc(C(=O)OCC(C)CCCC)c(C(=O)OCC(C)CCCC)c1. The monoisotopic (exact) mass is 722 g/mol. The smallest absolute Gasteiger partial charge is 0.339 e. The van der Waals surface area contributed by atoms with Crippen LogP contribution >= 0.6 is 0 Å². The summed E-state index contributed by atoms with van der Waals surface area (Å²) in [5.41, 5.74) is 1.14. The molecule has 8 heteroatoms. The maximum Gasteiger partial charge on any atom is 0.339 e. The van der Waals surface area contributed by atoms with E-state index in [1.54, 1.807) is 30.3 Å². The van der Waals surface area contributed by atoms with Crippen molar-refractivity contribution in [3.8, 4) is 11.1 Å². The standard InChI is InChI=1S/C44H66O8/c1-8-12-16-17-18-27-49-44(48)40-36(23-19-24-38(40)42(46)51-30-33(6)21-14-10-3)35-25-26-37(41(45)50-29-32(5)20-13-9-2)39(28-35)43(47)52-31-34(7)22-15-11-4/h19,23-26,28,32-34H,8-18,20-22,27,29-31H2,1-7H3. The van der Waals surface area contributed by atoms with Crippen molar-refractivity contribution in [3.63, 3.8) is 0 Å². The predicted octanol–water partition coefficient (Wildman–Crippen LogP) is 11.4. The summed E-state index contributed by atoms with van der Waals surface area (Å²) in [7, 11) is 0. The minimum Gasteiger partial charge on any atom is -0.462 e. The molecule has 2 aromatic carbocycles. The molecule has 0 N–H and O–H groups in total. The zero-order chi connectivity index (χ0) is 38.3. The molecular weight excluding hydrogens is 656 g/mol. The molecule has 0 radical (unpaired) electrons. The third-order valence-corrected chi connectivity index (χ3v) is 9.39. The fourth-order valence-electron chi connectivity index (χ4n) is 5.98. The average Bonchev–Trinajstić information content (AvgIpc) is 3.16. The number of unbranched alkanes of at least 4 members (excludes halogenated alkanes) is 7. The molecule has 0 aliphatic heterocycles. The van der Waals surface area contributed by atoms with Crippen molar-refractivity contribution < 1.29 is 38.1 Å². The van der Waals surface area contributed by atoms with E-state index in [0.29, 0.717) is 17.5 Å². The van der Waals surface area contributed by atoms with Crippen LogP contribution in [0.3, 0.4) is 0 Å². The van der Waals surface area contributed by atoms with Crippen molar-refractivity contribution in [2.75, 3.05) is 26.4 Å². The first kappa shape index (κ1) is 44.5. The third kappa shape index (κ3) is 15.5. The predicted molar refractivity (Wildman–Crippen MR) is 208 cm³/mol. The molecular formula is C44H66O8. The van der Waals surface area contributed by atoms with Gasteiger partial charge in [-0.15, -0.1) is 0 Å². The Kier molecular flexibility index (Phi) is 21.7. The van der Waals surface area contributed by atoms with Crippen LogP contribution in [0.5, 0.6) is 0 Å². The Morgan fingerprint density at radius 2 is 0.981 bits per heavy atom. The largest absolute Gasteiger partial charge is 0.462 e. The number of ether oxygens (including phenoxy) is 4. The molecule has 0 saturated carbocycles. The Morgan fingerprint density at radius 3 is 1.50 bits per heavy atom. The second-order valence-electron chi connectivity index (χ2n) is 14.6. The van der Waals surface area contributed by atoms with Crippen LogP contribution in [0, 0.1) is 17.8 Å². The summed E-state index contributed by atoms with van der Waals surface area (Å²) in [6.45, 7) is 15.5. The van der Waals surface area contributed by atoms with Crippen LogP contribution < -0.4 is 0 Å². The van der Waals surface area contributed by atoms with Crippen molar-refractivity contribution in [1.29, 1.82) is 0 Å². The van der Waals surface area contributed by atoms with Gasteiger partial charge in [0.2, 0.25) is 0 Å². The van der Waals surface area contributed by atoms with E-state index in [0.717, 1.165) is 83.5 Å². The molecule has 0 amide bonds. The van der Waals surface area contributed by atoms with Crippen molar-refractivity contribution in [1.82, 2.24) is 0 Å². The molecule has 2 rings (SSSR count). The first-order chi connectivity index (χ1) is 25.1. The fraction of sp³-hybridized carbons (Fsp3) is 0.636. The van der Waals surface area contributed by atoms with Gasteiger partial charge >= 0.3 is 23.9 Å². The topological polar surface area (TPSA) is 105 Å². The van der Waals surface area contributed by atoms with E-state index in [9.17, 15) is 19.2 Å². The Labute approximate surface area is 313 Å². The van der Waals surface area contributed by atoms with Crippen LogP contribution in [0.1, 0.15) is 180 Å². The molecule has 0 aliphatic rings. The molecule has 2 aromatic rings. The normalized spacial score (nSPS) is 12.8. The van der Waals surface area contributed by atoms with Gasteiger partial charge in [0.15, 0.2) is 0 Å². The number of hydrogen-bond donors (Lipinski definition) is 0. The zero-order valence-electron chi connectivity index (χ0n) is 33.2. The molecule has 0 saturated heterocycles. The van der Waals surface area contributed by atoms with Gasteiger partial charge in [-0.3, -0.25) is 0 Å². The third-order valence-electron chi connectivity index (χ3n) is 9.39. The number of carbonyl (C=O) groups is 4. The summed E-state index contributed by atoms with van der Waals surface area (Å²) >= 11 is 0. The molecule has 3 unspecified atom stereocenters. The van der Waals surface area contributed by atoms with E-state index >= 15 is 0 Å². The number of hydrogen-bond acceptors (Lipinski definition) is 8. The first-order valence-corrected chi connectivity index (χ1v) is 20.0. The summed E-state index contributed by atoms with van der Waals surface area (Å²) in [4.78, 5) is 54.5. The Bertz CT molecular complexity index is 1380. The molecule has 290 valence electrons. The van der Waals surface area contributed by atoms with E-state index in [1.165, 1.54) is 6.07 Å². The Balaban J connectivity index is 2.55. The van der Waals surface area contributed by atoms with E-state index in [-0.39, 0.29) is 66.4 Å². The van der Waals surface area contributed by atoms with E-state index in [1.807, 2.05) is 20.8 Å². The van der Waals surface area contributed by atoms with Gasteiger partial charge in [-0.2, -0.15) is 0 Å². The highest BCUT2D eigenvalue weighted by Crippen LogP contribution is 2.31. The Morgan fingerprint density at radius 1 is 0.500 bits per heavy atom. The van der Waals surface area contributed by atoms with Crippen LogP contribution in [-0.2, 0) is 18.9 Å². The summed E-state index contributed by atoms with van der Waals surface area (Å²) < 4.78 is 22.9. The van der Waals surface area contributed by atoms with E-state index in [4.69, 9.17) is 18.9 Å². The van der Waals surface area contributed by atoms with Crippen LogP contribution in [0.25, 0.3) is 11.1 Å². The van der Waals surface area contributed by atoms with Gasteiger partial charge in [0.1, 0.15) is 0 Å². The van der Waals surface area contributed by atoms with Crippen LogP contribution in [0.15, 0.2) is 36.4 Å². The van der Waals surface area contributed by atoms with Gasteiger partial charge in [0.25, 0.3) is 0 Å². The van der Waals surface area contributed by atoms with Crippen LogP contribution in [-0.4, -0.2) is 50.3 Å². The first-order valence-electron chi connectivity index (χ1n) is 20.0. The van der Waals surface area contributed by atoms with Crippen molar-refractivity contribution in [2.24, 2.45) is 17.8 Å². The van der Waals surface area contributed by atoms with Gasteiger partial charge in [-0.05, 0) is 72.8 Å². The molecule has 8 nitrogen and oxygen atoms in total. The lowest BCUT2D eigenvalue weighted by molar-refractivity contribution is 0.0396. The van der Waals surface area contributed by atoms with Gasteiger partial charge in [0.05, 0.1) is 48.7 Å². The lowest BCUT2D eigenvalue weighted by Crippen LogP contribution is -2.19. The van der Waals surface area contributed by atoms with Gasteiger partial charge in [0, 0.05) is 0 Å². The molecule has 0 spiro atoms. The molecule has 3 atom stereocenters. The van der Waals surface area contributed by atoms with Gasteiger partial charge in [-0.1, -0.05) is 131 Å². The quantitative estimate of drug-likeness (QED) is 0.0537. The summed E-state index contributed by atoms with van der Waals surface area (Å²) in [6.07, 6.45) is 14.0. The number of carbonyl (C=O) groups excluding carboxylic acids is 4. The zero-order valence-corrected chi connectivity index (χ0v) is 33.2. The molecule has 0 aliphatic carbocycles. The summed E-state index contributed by atoms with van der Waals surface area (Å²) in [6, 6.07) is 9.71. The lowest BCUT2D eigenvalue weighted by Gasteiger charge is -2.18. The average molecular weight is 723 g/mol. The van der Waals surface area contributed by atoms with Gasteiger partial charge in [-0.25, -0.2) is 19.2 Å². The highest BCUT2D eigenvalue weighted by atomic mass is 16.5. The number of esters is 4. The van der Waals surface area contributed by atoms with Crippen LogP contribution in [0.4, 0.5) is 0 Å². The lowest BCUT2D eigenvalue weighted by atomic mass is 9.92. The van der Waals surface area contributed by atoms with Crippen molar-refractivity contribution >= 4 is 23.9 Å². The van der Waals surface area contributed by atoms with Crippen molar-refractivity contribution in [2.45, 2.75) is 138 Å². The van der Waals surface area contributed by atoms with Gasteiger partial charge < -0.3 is 18.9 Å². The highest BCUT2D eigenvalue weighted by Gasteiger charge is 2.27. The maximum atomic E-state index is 13.8. The second kappa shape index (κ2) is 25.3. The highest BCUT2D eigenvalue weighted by molar-refractivity contribution is 6.09. The van der Waals surface area contributed by atoms with Crippen molar-refractivity contribution in [3.05, 3.63) is 58.7 Å². The Hall–Kier alpha value is -3.68. The summed E-state index contributed by atoms with van der Waals surface area (Å²) in [5.74, 6) is -2.02. The molecule has 0 heterocycles. The molecule has 0 aromatic heterocycles. The minimum absolute atomic E-state index is 0.0411. The maximum absolute atomic E-state index is 13.8. The minimum atomic E-state index is -0.649. The van der Waals surface area contributed by atoms with E-state index < -0.39 is 23.9 Å². The number of rotatable bonds is 26. The second-order valence-corrected chi connectivity index (χ2v) is 14.6. The molecule has 0 fully saturated rings.